The van der Waals surface area contributed by atoms with Crippen molar-refractivity contribution in [1.82, 2.24) is 0 Å². The fourth-order valence-corrected chi connectivity index (χ4v) is 1.76. The molecule has 0 atom stereocenters. The smallest absolute Gasteiger partial charge is 0.228 e. The van der Waals surface area contributed by atoms with Gasteiger partial charge in [-0.05, 0) is 23.8 Å². The van der Waals surface area contributed by atoms with E-state index in [2.05, 4.69) is 5.14 Å². The summed E-state index contributed by atoms with van der Waals surface area (Å²) in [5.74, 6) is -2.00. The molecule has 0 amide bonds. The molecule has 1 rings (SSSR count). The van der Waals surface area contributed by atoms with Crippen molar-refractivity contribution >= 4 is 10.0 Å². The van der Waals surface area contributed by atoms with Gasteiger partial charge in [-0.3, -0.25) is 0 Å². The summed E-state index contributed by atoms with van der Waals surface area (Å²) in [6, 6.07) is 1.53. The number of alkyl halides is 3. The molecule has 2 N–H and O–H groups in total. The van der Waals surface area contributed by atoms with E-state index in [1.807, 2.05) is 0 Å². The molecule has 0 bridgehead atoms. The Hall–Kier alpha value is -1.15. The van der Waals surface area contributed by atoms with Crippen molar-refractivity contribution < 1.29 is 26.0 Å². The first-order valence-electron chi connectivity index (χ1n) is 3.95. The number of rotatable bonds is 2. The Kier molecular flexibility index (Phi) is 3.25. The molecule has 0 aliphatic rings. The molecule has 3 nitrogen and oxygen atoms in total. The lowest BCUT2D eigenvalue weighted by Gasteiger charge is -2.08. The first-order valence-corrected chi connectivity index (χ1v) is 5.66. The summed E-state index contributed by atoms with van der Waals surface area (Å²) < 4.78 is 70.8. The quantitative estimate of drug-likeness (QED) is 0.818. The maximum atomic E-state index is 12.8. The molecule has 0 unspecified atom stereocenters. The molecule has 1 aromatic carbocycles. The van der Waals surface area contributed by atoms with Gasteiger partial charge in [0.25, 0.3) is 0 Å². The lowest BCUT2D eigenvalue weighted by molar-refractivity contribution is -0.137. The molecule has 16 heavy (non-hydrogen) atoms. The second kappa shape index (κ2) is 4.02. The van der Waals surface area contributed by atoms with Gasteiger partial charge < -0.3 is 0 Å². The van der Waals surface area contributed by atoms with Crippen molar-refractivity contribution in [1.29, 1.82) is 0 Å². The van der Waals surface area contributed by atoms with E-state index in [1.165, 1.54) is 0 Å². The molecule has 0 radical (unpaired) electrons. The van der Waals surface area contributed by atoms with Gasteiger partial charge in [0, 0.05) is 0 Å². The van der Waals surface area contributed by atoms with Crippen molar-refractivity contribution in [2.45, 2.75) is 11.9 Å². The number of primary sulfonamides is 1. The molecule has 0 heterocycles. The number of sulfonamides is 1. The molecule has 0 aliphatic heterocycles. The van der Waals surface area contributed by atoms with E-state index in [9.17, 15) is 26.0 Å². The standard InChI is InChI=1S/C8H7F4NO2S/c9-7-2-5(4-16(13,14)15)1-6(3-7)8(10,11)12/h1-3H,4H2,(H2,13,14,15). The first kappa shape index (κ1) is 12.9. The van der Waals surface area contributed by atoms with Crippen molar-refractivity contribution in [2.24, 2.45) is 5.14 Å². The molecule has 0 saturated heterocycles. The Balaban J connectivity index is 3.19. The summed E-state index contributed by atoms with van der Waals surface area (Å²) in [7, 11) is -3.99. The number of hydrogen-bond donors (Lipinski definition) is 1. The minimum absolute atomic E-state index is 0.284. The lowest BCUT2D eigenvalue weighted by atomic mass is 10.1. The van der Waals surface area contributed by atoms with Crippen molar-refractivity contribution in [3.05, 3.63) is 35.1 Å². The van der Waals surface area contributed by atoms with Gasteiger partial charge in [0.05, 0.1) is 11.3 Å². The predicted molar refractivity (Wildman–Crippen MR) is 48.2 cm³/mol. The third-order valence-electron chi connectivity index (χ3n) is 1.65. The maximum Gasteiger partial charge on any atom is 0.416 e. The highest BCUT2D eigenvalue weighted by molar-refractivity contribution is 7.88. The topological polar surface area (TPSA) is 60.2 Å². The van der Waals surface area contributed by atoms with Crippen LogP contribution >= 0.6 is 0 Å². The molecular formula is C8H7F4NO2S. The van der Waals surface area contributed by atoms with Gasteiger partial charge in [0.15, 0.2) is 0 Å². The summed E-state index contributed by atoms with van der Waals surface area (Å²) in [6.07, 6.45) is -4.73. The van der Waals surface area contributed by atoms with E-state index in [-0.39, 0.29) is 11.6 Å². The number of halogens is 4. The maximum absolute atomic E-state index is 12.8. The zero-order chi connectivity index (χ0) is 12.6. The third kappa shape index (κ3) is 3.78. The second-order valence-electron chi connectivity index (χ2n) is 3.15. The Morgan fingerprint density at radius 1 is 1.19 bits per heavy atom. The monoisotopic (exact) mass is 257 g/mol. The van der Waals surface area contributed by atoms with E-state index >= 15 is 0 Å². The van der Waals surface area contributed by atoms with E-state index in [0.29, 0.717) is 12.1 Å². The van der Waals surface area contributed by atoms with E-state index < -0.39 is 33.3 Å². The fraction of sp³-hybridized carbons (Fsp3) is 0.250. The van der Waals surface area contributed by atoms with Crippen LogP contribution in [-0.4, -0.2) is 8.42 Å². The average molecular weight is 257 g/mol. The Morgan fingerprint density at radius 3 is 2.19 bits per heavy atom. The van der Waals surface area contributed by atoms with Crippen LogP contribution in [0.5, 0.6) is 0 Å². The van der Waals surface area contributed by atoms with Crippen molar-refractivity contribution in [3.8, 4) is 0 Å². The number of hydrogen-bond acceptors (Lipinski definition) is 2. The van der Waals surface area contributed by atoms with Gasteiger partial charge in [0.2, 0.25) is 10.0 Å². The summed E-state index contributed by atoms with van der Waals surface area (Å²) in [6.45, 7) is 0. The van der Waals surface area contributed by atoms with Crippen LogP contribution < -0.4 is 5.14 Å². The van der Waals surface area contributed by atoms with Crippen molar-refractivity contribution in [3.63, 3.8) is 0 Å². The van der Waals surface area contributed by atoms with Crippen LogP contribution in [0.25, 0.3) is 0 Å². The minimum atomic E-state index is -4.73. The third-order valence-corrected chi connectivity index (χ3v) is 2.39. The van der Waals surface area contributed by atoms with E-state index in [4.69, 9.17) is 0 Å². The van der Waals surface area contributed by atoms with Crippen LogP contribution in [0.2, 0.25) is 0 Å². The largest absolute Gasteiger partial charge is 0.416 e. The van der Waals surface area contributed by atoms with Gasteiger partial charge in [-0.2, -0.15) is 13.2 Å². The van der Waals surface area contributed by atoms with Gasteiger partial charge in [-0.15, -0.1) is 0 Å². The van der Waals surface area contributed by atoms with Crippen LogP contribution in [0, 0.1) is 5.82 Å². The van der Waals surface area contributed by atoms with E-state index in [0.717, 1.165) is 0 Å². The highest BCUT2D eigenvalue weighted by atomic mass is 32.2. The minimum Gasteiger partial charge on any atom is -0.228 e. The molecule has 0 aliphatic carbocycles. The average Bonchev–Trinajstić information content (AvgIpc) is 1.97. The Morgan fingerprint density at radius 2 is 1.75 bits per heavy atom. The van der Waals surface area contributed by atoms with Crippen LogP contribution in [0.1, 0.15) is 11.1 Å². The Labute approximate surface area is 88.9 Å². The van der Waals surface area contributed by atoms with Crippen LogP contribution in [0.4, 0.5) is 17.6 Å². The highest BCUT2D eigenvalue weighted by Gasteiger charge is 2.31. The summed E-state index contributed by atoms with van der Waals surface area (Å²) in [5, 5.41) is 4.65. The summed E-state index contributed by atoms with van der Waals surface area (Å²) in [4.78, 5) is 0. The number of nitrogens with two attached hydrogens (primary N) is 1. The molecule has 0 saturated carbocycles. The molecule has 0 fully saturated rings. The highest BCUT2D eigenvalue weighted by Crippen LogP contribution is 2.30. The SMILES string of the molecule is NS(=O)(=O)Cc1cc(F)cc(C(F)(F)F)c1. The van der Waals surface area contributed by atoms with Crippen LogP contribution in [0.3, 0.4) is 0 Å². The fourth-order valence-electron chi connectivity index (χ4n) is 1.13. The molecule has 90 valence electrons. The Bertz CT molecular complexity index is 495. The predicted octanol–water partition coefficient (Wildman–Crippen LogP) is 1.63. The van der Waals surface area contributed by atoms with Crippen LogP contribution in [0.15, 0.2) is 18.2 Å². The summed E-state index contributed by atoms with van der Waals surface area (Å²) >= 11 is 0. The van der Waals surface area contributed by atoms with Gasteiger partial charge in [-0.25, -0.2) is 17.9 Å². The van der Waals surface area contributed by atoms with Crippen LogP contribution in [-0.2, 0) is 22.0 Å². The second-order valence-corrected chi connectivity index (χ2v) is 4.77. The van der Waals surface area contributed by atoms with Gasteiger partial charge >= 0.3 is 6.18 Å². The van der Waals surface area contributed by atoms with E-state index in [1.54, 1.807) is 0 Å². The van der Waals surface area contributed by atoms with Crippen molar-refractivity contribution in [2.75, 3.05) is 0 Å². The molecule has 8 heteroatoms. The summed E-state index contributed by atoms with van der Waals surface area (Å²) in [5.41, 5.74) is -1.58. The zero-order valence-corrected chi connectivity index (χ0v) is 8.57. The first-order chi connectivity index (χ1) is 7.08. The van der Waals surface area contributed by atoms with Gasteiger partial charge in [-0.1, -0.05) is 0 Å². The molecule has 1 aromatic rings. The molecular weight excluding hydrogens is 250 g/mol. The lowest BCUT2D eigenvalue weighted by Crippen LogP contribution is -2.15. The molecule has 0 aromatic heterocycles. The molecule has 0 spiro atoms. The number of benzene rings is 1. The normalized spacial score (nSPS) is 12.8. The van der Waals surface area contributed by atoms with Gasteiger partial charge in [0.1, 0.15) is 5.82 Å². The zero-order valence-electron chi connectivity index (χ0n) is 7.75.